The van der Waals surface area contributed by atoms with Crippen molar-refractivity contribution < 1.29 is 19.1 Å². The molecule has 4 N–H and O–H groups in total. The number of carbonyl (C=O) groups excluding carboxylic acids is 1. The van der Waals surface area contributed by atoms with Gasteiger partial charge in [-0.25, -0.2) is 0 Å². The average Bonchev–Trinajstić information content (AvgIpc) is 3.05. The van der Waals surface area contributed by atoms with E-state index in [2.05, 4.69) is 4.90 Å². The summed E-state index contributed by atoms with van der Waals surface area (Å²) in [7, 11) is -4.07. The number of rotatable bonds is 9. The maximum absolute atomic E-state index is 12.0. The number of fused-ring (bicyclic) bond motifs is 1. The van der Waals surface area contributed by atoms with E-state index in [9.17, 15) is 9.36 Å². The molecule has 0 spiro atoms. The van der Waals surface area contributed by atoms with Crippen molar-refractivity contribution in [3.8, 4) is 0 Å². The molecule has 30 heavy (non-hydrogen) atoms. The Morgan fingerprint density at radius 1 is 1.07 bits per heavy atom. The topological polar surface area (TPSA) is 109 Å². The highest BCUT2D eigenvalue weighted by atomic mass is 31.2. The van der Waals surface area contributed by atoms with Gasteiger partial charge >= 0.3 is 7.60 Å². The molecule has 160 valence electrons. The third kappa shape index (κ3) is 5.88. The Labute approximate surface area is 176 Å². The highest BCUT2D eigenvalue weighted by Crippen LogP contribution is 2.39. The second kappa shape index (κ2) is 9.69. The van der Waals surface area contributed by atoms with E-state index in [1.807, 2.05) is 42.6 Å². The molecular formula is C22H28N3O4P. The molecule has 0 saturated heterocycles. The fraction of sp³-hybridized carbons (Fsp3) is 0.318. The molecule has 7 nitrogen and oxygen atoms in total. The van der Waals surface area contributed by atoms with Crippen LogP contribution in [0, 0.1) is 0 Å². The summed E-state index contributed by atoms with van der Waals surface area (Å²) in [5, 5.41) is 1.06. The summed E-state index contributed by atoms with van der Waals surface area (Å²) in [4.78, 5) is 32.6. The number of hydrogen-bond donors (Lipinski definition) is 3. The molecule has 0 unspecified atom stereocenters. The van der Waals surface area contributed by atoms with Crippen LogP contribution >= 0.6 is 7.60 Å². The van der Waals surface area contributed by atoms with Crippen molar-refractivity contribution in [1.29, 1.82) is 0 Å². The van der Waals surface area contributed by atoms with Crippen LogP contribution in [0.25, 0.3) is 10.9 Å². The second-order valence-corrected chi connectivity index (χ2v) is 9.20. The van der Waals surface area contributed by atoms with Gasteiger partial charge in [-0.2, -0.15) is 0 Å². The van der Waals surface area contributed by atoms with Crippen LogP contribution in [0.3, 0.4) is 0 Å². The first-order chi connectivity index (χ1) is 14.3. The SMILES string of the molecule is CC(=O)n1cc(CN(CCCN)Cc2ccc(CP(=O)(O)O)cc2)c2ccccc21. The quantitative estimate of drug-likeness (QED) is 0.450. The van der Waals surface area contributed by atoms with Gasteiger partial charge in [-0.3, -0.25) is 18.8 Å². The van der Waals surface area contributed by atoms with Crippen LogP contribution in [0.15, 0.2) is 54.7 Å². The first kappa shape index (κ1) is 22.4. The molecule has 0 aliphatic rings. The van der Waals surface area contributed by atoms with Crippen molar-refractivity contribution >= 4 is 24.4 Å². The largest absolute Gasteiger partial charge is 0.330 e. The monoisotopic (exact) mass is 429 g/mol. The fourth-order valence-electron chi connectivity index (χ4n) is 3.65. The molecule has 1 heterocycles. The van der Waals surface area contributed by atoms with E-state index in [-0.39, 0.29) is 12.1 Å². The third-order valence-electron chi connectivity index (χ3n) is 5.02. The van der Waals surface area contributed by atoms with E-state index >= 15 is 0 Å². The fourth-order valence-corrected chi connectivity index (χ4v) is 4.34. The van der Waals surface area contributed by atoms with Gasteiger partial charge in [0, 0.05) is 38.1 Å². The van der Waals surface area contributed by atoms with Crippen LogP contribution < -0.4 is 5.73 Å². The van der Waals surface area contributed by atoms with E-state index in [1.165, 1.54) is 0 Å². The number of nitrogens with zero attached hydrogens (tertiary/aromatic N) is 2. The molecule has 0 amide bonds. The summed E-state index contributed by atoms with van der Waals surface area (Å²) < 4.78 is 12.9. The van der Waals surface area contributed by atoms with Crippen molar-refractivity contribution in [3.05, 3.63) is 71.4 Å². The lowest BCUT2D eigenvalue weighted by Gasteiger charge is -2.22. The van der Waals surface area contributed by atoms with E-state index in [4.69, 9.17) is 15.5 Å². The molecule has 1 aromatic heterocycles. The van der Waals surface area contributed by atoms with Gasteiger partial charge in [-0.15, -0.1) is 0 Å². The Morgan fingerprint density at radius 3 is 2.37 bits per heavy atom. The average molecular weight is 429 g/mol. The number of hydrogen-bond acceptors (Lipinski definition) is 4. The van der Waals surface area contributed by atoms with Crippen molar-refractivity contribution in [2.45, 2.75) is 32.6 Å². The molecule has 0 fully saturated rings. The van der Waals surface area contributed by atoms with Crippen molar-refractivity contribution in [2.75, 3.05) is 13.1 Å². The van der Waals surface area contributed by atoms with Gasteiger partial charge in [0.25, 0.3) is 0 Å². The molecule has 8 heteroatoms. The van der Waals surface area contributed by atoms with Crippen molar-refractivity contribution in [1.82, 2.24) is 9.47 Å². The zero-order chi connectivity index (χ0) is 21.7. The molecule has 0 atom stereocenters. The van der Waals surface area contributed by atoms with Crippen LogP contribution in [0.1, 0.15) is 34.8 Å². The van der Waals surface area contributed by atoms with Gasteiger partial charge in [0.05, 0.1) is 11.7 Å². The summed E-state index contributed by atoms with van der Waals surface area (Å²) in [6, 6.07) is 15.2. The van der Waals surface area contributed by atoms with Crippen LogP contribution in [-0.4, -0.2) is 38.3 Å². The maximum atomic E-state index is 12.0. The zero-order valence-corrected chi connectivity index (χ0v) is 18.0. The molecule has 0 saturated carbocycles. The Bertz CT molecular complexity index is 1060. The van der Waals surface area contributed by atoms with Gasteiger partial charge in [-0.05, 0) is 35.7 Å². The van der Waals surface area contributed by atoms with E-state index < -0.39 is 7.60 Å². The molecule has 0 bridgehead atoms. The lowest BCUT2D eigenvalue weighted by Crippen LogP contribution is -2.25. The number of nitrogens with two attached hydrogens (primary N) is 1. The number of carbonyl (C=O) groups is 1. The lowest BCUT2D eigenvalue weighted by molar-refractivity contribution is 0.0941. The molecule has 2 aromatic carbocycles. The van der Waals surface area contributed by atoms with Crippen LogP contribution in [0.2, 0.25) is 0 Å². The van der Waals surface area contributed by atoms with E-state index in [1.54, 1.807) is 23.6 Å². The first-order valence-corrected chi connectivity index (χ1v) is 11.7. The summed E-state index contributed by atoms with van der Waals surface area (Å²) in [6.45, 7) is 4.30. The van der Waals surface area contributed by atoms with Crippen LogP contribution in [0.4, 0.5) is 0 Å². The number of benzene rings is 2. The predicted octanol–water partition coefficient (Wildman–Crippen LogP) is 3.33. The Hall–Kier alpha value is -2.28. The molecule has 0 radical (unpaired) electrons. The summed E-state index contributed by atoms with van der Waals surface area (Å²) in [5.41, 5.74) is 9.38. The minimum Gasteiger partial charge on any atom is -0.330 e. The molecular weight excluding hydrogens is 401 g/mol. The van der Waals surface area contributed by atoms with Gasteiger partial charge < -0.3 is 15.5 Å². The highest BCUT2D eigenvalue weighted by Gasteiger charge is 2.16. The smallest absolute Gasteiger partial charge is 0.329 e. The number of para-hydroxylation sites is 1. The molecule has 3 aromatic rings. The Kier molecular flexibility index (Phi) is 7.23. The normalized spacial score (nSPS) is 12.0. The molecule has 3 rings (SSSR count). The number of aromatic nitrogens is 1. The van der Waals surface area contributed by atoms with Gasteiger partial charge in [0.2, 0.25) is 5.91 Å². The summed E-state index contributed by atoms with van der Waals surface area (Å²) in [5.74, 6) is -0.0217. The van der Waals surface area contributed by atoms with Gasteiger partial charge in [-0.1, -0.05) is 42.5 Å². The first-order valence-electron chi connectivity index (χ1n) is 9.91. The summed E-state index contributed by atoms with van der Waals surface area (Å²) in [6.07, 6.45) is 2.50. The molecule has 0 aliphatic heterocycles. The van der Waals surface area contributed by atoms with E-state index in [0.29, 0.717) is 25.2 Å². The van der Waals surface area contributed by atoms with Crippen LogP contribution in [-0.2, 0) is 23.8 Å². The third-order valence-corrected chi connectivity index (χ3v) is 5.80. The van der Waals surface area contributed by atoms with Crippen molar-refractivity contribution in [2.24, 2.45) is 5.73 Å². The van der Waals surface area contributed by atoms with Gasteiger partial charge in [0.1, 0.15) is 0 Å². The van der Waals surface area contributed by atoms with Crippen molar-refractivity contribution in [3.63, 3.8) is 0 Å². The van der Waals surface area contributed by atoms with Gasteiger partial charge in [0.15, 0.2) is 0 Å². The predicted molar refractivity (Wildman–Crippen MR) is 118 cm³/mol. The van der Waals surface area contributed by atoms with E-state index in [0.717, 1.165) is 35.0 Å². The van der Waals surface area contributed by atoms with Crippen LogP contribution in [0.5, 0.6) is 0 Å². The summed E-state index contributed by atoms with van der Waals surface area (Å²) >= 11 is 0. The Morgan fingerprint density at radius 2 is 1.73 bits per heavy atom. The minimum absolute atomic E-state index is 0.0217. The second-order valence-electron chi connectivity index (χ2n) is 7.55. The minimum atomic E-state index is -4.07. The highest BCUT2D eigenvalue weighted by molar-refractivity contribution is 7.50. The molecule has 0 aliphatic carbocycles. The maximum Gasteiger partial charge on any atom is 0.329 e. The lowest BCUT2D eigenvalue weighted by atomic mass is 10.1. The standard InChI is InChI=1S/C22H28N3O4P/c1-17(26)25-15-20(21-5-2-3-6-22(21)25)14-24(12-4-11-23)13-18-7-9-19(10-8-18)16-30(27,28)29/h2-3,5-10,15H,4,11-14,16,23H2,1H3,(H2,27,28,29). The Balaban J connectivity index is 1.81. The zero-order valence-electron chi connectivity index (χ0n) is 17.1.